The molecule has 0 aromatic heterocycles. The van der Waals surface area contributed by atoms with Crippen LogP contribution in [-0.2, 0) is 0 Å². The number of hydrogen-bond acceptors (Lipinski definition) is 3. The van der Waals surface area contributed by atoms with Crippen molar-refractivity contribution in [3.05, 3.63) is 0 Å². The number of hydrogen-bond donors (Lipinski definition) is 2. The van der Waals surface area contributed by atoms with Crippen molar-refractivity contribution < 1.29 is 0 Å². The molecule has 3 nitrogen and oxygen atoms in total. The van der Waals surface area contributed by atoms with Gasteiger partial charge in [0.05, 0.1) is 0 Å². The summed E-state index contributed by atoms with van der Waals surface area (Å²) < 4.78 is 0. The number of nitrogens with zero attached hydrogens (tertiary/aromatic N) is 1. The Kier molecular flexibility index (Phi) is 2.51. The fraction of sp³-hybridized carbons (Fsp3) is 1.00. The number of piperidine rings is 1. The maximum Gasteiger partial charge on any atom is 0.182 e. The Labute approximate surface area is 57.0 Å². The predicted molar refractivity (Wildman–Crippen MR) is 37.7 cm³/mol. The average molecular weight is 125 g/mol. The Hall–Kier alpha value is -0.0551. The summed E-state index contributed by atoms with van der Waals surface area (Å²) in [6, 6.07) is 0.477. The lowest BCUT2D eigenvalue weighted by Crippen LogP contribution is -2.44. The van der Waals surface area contributed by atoms with Crippen LogP contribution in [0, 0.1) is 0 Å². The molecule has 0 unspecified atom stereocenters. The minimum atomic E-state index is 0.477. The molecule has 0 bridgehead atoms. The molecule has 0 aromatic rings. The van der Waals surface area contributed by atoms with Crippen LogP contribution in [0.5, 0.6) is 0 Å². The van der Waals surface area contributed by atoms with Crippen molar-refractivity contribution in [3.8, 4) is 0 Å². The van der Waals surface area contributed by atoms with Crippen molar-refractivity contribution in [1.82, 2.24) is 10.2 Å². The average Bonchev–Trinajstić information content (AvgIpc) is 1.90. The first-order valence-electron chi connectivity index (χ1n) is 3.28. The highest BCUT2D eigenvalue weighted by Crippen LogP contribution is 2.05. The van der Waals surface area contributed by atoms with E-state index in [9.17, 15) is 0 Å². The summed E-state index contributed by atoms with van der Waals surface area (Å²) in [5.41, 5.74) is 2.74. The maximum absolute atomic E-state index is 5.52. The van der Waals surface area contributed by atoms with Crippen molar-refractivity contribution in [1.29, 1.82) is 0 Å². The second-order valence-corrected chi connectivity index (χ2v) is 2.48. The van der Waals surface area contributed by atoms with Gasteiger partial charge in [0.2, 0.25) is 0 Å². The zero-order valence-electron chi connectivity index (χ0n) is 5.51. The van der Waals surface area contributed by atoms with Gasteiger partial charge in [0.1, 0.15) is 0 Å². The third-order valence-electron chi connectivity index (χ3n) is 1.77. The van der Waals surface area contributed by atoms with Gasteiger partial charge in [-0.1, -0.05) is 0 Å². The quantitative estimate of drug-likeness (QED) is 0.268. The molecule has 1 fully saturated rings. The normalized spacial score (nSPS) is 24.6. The summed E-state index contributed by atoms with van der Waals surface area (Å²) in [5, 5.41) is 0. The molecule has 1 rings (SSSR count). The number of rotatable bonds is 1. The van der Waals surface area contributed by atoms with E-state index < -0.39 is 0 Å². The van der Waals surface area contributed by atoms with Crippen LogP contribution >= 0.6 is 0 Å². The fourth-order valence-corrected chi connectivity index (χ4v) is 1.07. The minimum Gasteiger partial charge on any atom is -0.353 e. The molecule has 0 amide bonds. The van der Waals surface area contributed by atoms with Gasteiger partial charge in [-0.05, 0) is 25.9 Å². The molecule has 1 saturated heterocycles. The molecular formula is C5H12BN3. The molecule has 0 saturated carbocycles. The molecule has 1 aliphatic rings. The highest BCUT2D eigenvalue weighted by atomic mass is 15.2. The molecule has 0 spiro atoms. The summed E-state index contributed by atoms with van der Waals surface area (Å²) in [5.74, 6) is 5.24. The first kappa shape index (κ1) is 7.06. The zero-order valence-corrected chi connectivity index (χ0v) is 5.51. The molecule has 0 atom stereocenters. The van der Waals surface area contributed by atoms with Crippen LogP contribution in [0.25, 0.3) is 0 Å². The summed E-state index contributed by atoms with van der Waals surface area (Å²) in [4.78, 5) is 1.83. The molecule has 1 aliphatic heterocycles. The number of nitrogens with one attached hydrogen (secondary N) is 1. The molecular weight excluding hydrogens is 113 g/mol. The molecule has 4 heteroatoms. The van der Waals surface area contributed by atoms with Gasteiger partial charge in [-0.2, -0.15) is 0 Å². The zero-order chi connectivity index (χ0) is 6.69. The molecule has 50 valence electrons. The van der Waals surface area contributed by atoms with Crippen LogP contribution in [-0.4, -0.2) is 31.9 Å². The topological polar surface area (TPSA) is 41.3 Å². The summed E-state index contributed by atoms with van der Waals surface area (Å²) in [6.45, 7) is 1.91. The Morgan fingerprint density at radius 2 is 2.00 bits per heavy atom. The van der Waals surface area contributed by atoms with Gasteiger partial charge in [0.15, 0.2) is 7.98 Å². The second-order valence-electron chi connectivity index (χ2n) is 2.48. The van der Waals surface area contributed by atoms with Gasteiger partial charge in [0.25, 0.3) is 0 Å². The lowest BCUT2D eigenvalue weighted by molar-refractivity contribution is 0.302. The minimum absolute atomic E-state index is 0.477. The highest BCUT2D eigenvalue weighted by Gasteiger charge is 2.13. The van der Waals surface area contributed by atoms with Crippen molar-refractivity contribution in [3.63, 3.8) is 0 Å². The highest BCUT2D eigenvalue weighted by molar-refractivity contribution is 6.04. The van der Waals surface area contributed by atoms with Gasteiger partial charge < -0.3 is 4.81 Å². The predicted octanol–water partition coefficient (Wildman–Crippen LogP) is -1.00. The number of hydrazine groups is 1. The molecule has 9 heavy (non-hydrogen) atoms. The van der Waals surface area contributed by atoms with E-state index in [4.69, 9.17) is 13.8 Å². The van der Waals surface area contributed by atoms with Crippen molar-refractivity contribution >= 4 is 7.98 Å². The van der Waals surface area contributed by atoms with Crippen LogP contribution in [0.1, 0.15) is 12.8 Å². The fourth-order valence-electron chi connectivity index (χ4n) is 1.07. The summed E-state index contributed by atoms with van der Waals surface area (Å²) in [7, 11) is 5.52. The summed E-state index contributed by atoms with van der Waals surface area (Å²) >= 11 is 0. The lowest BCUT2D eigenvalue weighted by Gasteiger charge is -2.28. The van der Waals surface area contributed by atoms with E-state index in [-0.39, 0.29) is 0 Å². The van der Waals surface area contributed by atoms with E-state index >= 15 is 0 Å². The Morgan fingerprint density at radius 3 is 2.44 bits per heavy atom. The maximum atomic E-state index is 5.52. The smallest absolute Gasteiger partial charge is 0.182 e. The van der Waals surface area contributed by atoms with E-state index in [2.05, 4.69) is 5.43 Å². The largest absolute Gasteiger partial charge is 0.353 e. The van der Waals surface area contributed by atoms with Gasteiger partial charge in [0, 0.05) is 6.04 Å². The number of nitrogens with two attached hydrogens (primary N) is 1. The third kappa shape index (κ3) is 1.97. The van der Waals surface area contributed by atoms with E-state index in [0.717, 1.165) is 25.9 Å². The Balaban J connectivity index is 2.18. The van der Waals surface area contributed by atoms with Gasteiger partial charge in [-0.25, -0.2) is 0 Å². The van der Waals surface area contributed by atoms with Crippen molar-refractivity contribution in [2.24, 2.45) is 5.84 Å². The lowest BCUT2D eigenvalue weighted by atomic mass is 10.0. The van der Waals surface area contributed by atoms with Crippen LogP contribution in [0.2, 0.25) is 0 Å². The van der Waals surface area contributed by atoms with E-state index in [1.807, 2.05) is 4.81 Å². The monoisotopic (exact) mass is 125 g/mol. The van der Waals surface area contributed by atoms with Crippen molar-refractivity contribution in [2.45, 2.75) is 18.9 Å². The van der Waals surface area contributed by atoms with Gasteiger partial charge in [-0.3, -0.25) is 11.3 Å². The first-order valence-corrected chi connectivity index (χ1v) is 3.28. The van der Waals surface area contributed by atoms with Gasteiger partial charge >= 0.3 is 0 Å². The van der Waals surface area contributed by atoms with Crippen LogP contribution < -0.4 is 11.3 Å². The van der Waals surface area contributed by atoms with E-state index in [1.54, 1.807) is 0 Å². The molecule has 1 heterocycles. The molecule has 0 aliphatic carbocycles. The van der Waals surface area contributed by atoms with E-state index in [1.165, 1.54) is 0 Å². The third-order valence-corrected chi connectivity index (χ3v) is 1.77. The molecule has 3 N–H and O–H groups in total. The van der Waals surface area contributed by atoms with Crippen LogP contribution in [0.4, 0.5) is 0 Å². The van der Waals surface area contributed by atoms with Crippen molar-refractivity contribution in [2.75, 3.05) is 13.1 Å². The SMILES string of the molecule is [B]N1CCC(NN)CC1. The Bertz CT molecular complexity index is 80.3. The van der Waals surface area contributed by atoms with Crippen LogP contribution in [0.3, 0.4) is 0 Å². The van der Waals surface area contributed by atoms with E-state index in [0.29, 0.717) is 6.04 Å². The molecule has 0 aromatic carbocycles. The standard InChI is InChI=1S/C5H12BN3/c6-9-3-1-5(8-7)2-4-9/h5,8H,1-4,7H2. The summed E-state index contributed by atoms with van der Waals surface area (Å²) in [6.07, 6.45) is 2.12. The first-order chi connectivity index (χ1) is 4.33. The van der Waals surface area contributed by atoms with Crippen LogP contribution in [0.15, 0.2) is 0 Å². The van der Waals surface area contributed by atoms with Gasteiger partial charge in [-0.15, -0.1) is 0 Å². The second kappa shape index (κ2) is 3.20. The Morgan fingerprint density at radius 1 is 1.44 bits per heavy atom. The molecule has 2 radical (unpaired) electrons.